The summed E-state index contributed by atoms with van der Waals surface area (Å²) in [7, 11) is 0. The molecule has 1 unspecified atom stereocenters. The van der Waals surface area contributed by atoms with E-state index >= 15 is 0 Å². The highest BCUT2D eigenvalue weighted by Gasteiger charge is 2.31. The Kier molecular flexibility index (Phi) is 3.65. The van der Waals surface area contributed by atoms with Crippen LogP contribution in [-0.2, 0) is 0 Å². The first-order valence-electron chi connectivity index (χ1n) is 12.1. The highest BCUT2D eigenvalue weighted by atomic mass is 15.4. The van der Waals surface area contributed by atoms with Crippen molar-refractivity contribution in [3.05, 3.63) is 97.1 Å². The van der Waals surface area contributed by atoms with Gasteiger partial charge in [-0.05, 0) is 31.2 Å². The van der Waals surface area contributed by atoms with Gasteiger partial charge in [0.1, 0.15) is 0 Å². The summed E-state index contributed by atoms with van der Waals surface area (Å²) in [6, 6.07) is 34.8. The summed E-state index contributed by atoms with van der Waals surface area (Å²) in [5.74, 6) is 2.97. The number of nitrogens with zero attached hydrogens (tertiary/aromatic N) is 4. The second-order valence-corrected chi connectivity index (χ2v) is 9.42. The lowest BCUT2D eigenvalue weighted by molar-refractivity contribution is 0.613. The molecule has 5 nitrogen and oxygen atoms in total. The Labute approximate surface area is 201 Å². The molecule has 1 N–H and O–H groups in total. The molecular weight excluding hydrogens is 430 g/mol. The zero-order valence-electron chi connectivity index (χ0n) is 19.3. The standard InChI is InChI=1S/C30H23N5/c1-19-18-31-28-29(34-24-14-6-2-10-20(24)21-11-3-7-15-25(21)34)32-30(33(19)28)35-26-16-8-4-12-22(26)23-13-5-9-17-27(23)35/h2-17,19,31H,18H2,1H3. The van der Waals surface area contributed by atoms with Crippen LogP contribution in [0.5, 0.6) is 0 Å². The van der Waals surface area contributed by atoms with E-state index in [-0.39, 0.29) is 6.04 Å². The number of benzene rings is 4. The molecule has 0 amide bonds. The smallest absolute Gasteiger partial charge is 0.218 e. The summed E-state index contributed by atoms with van der Waals surface area (Å²) in [6.45, 7) is 3.14. The van der Waals surface area contributed by atoms with Crippen LogP contribution in [0, 0.1) is 0 Å². The molecule has 4 aromatic carbocycles. The Balaban J connectivity index is 1.52. The molecule has 8 rings (SSSR count). The highest BCUT2D eigenvalue weighted by Crippen LogP contribution is 2.40. The minimum atomic E-state index is 0.286. The van der Waals surface area contributed by atoms with Crippen LogP contribution in [0.15, 0.2) is 97.1 Å². The van der Waals surface area contributed by atoms with Crippen LogP contribution < -0.4 is 5.32 Å². The van der Waals surface area contributed by atoms with Gasteiger partial charge in [0.2, 0.25) is 5.95 Å². The molecule has 0 spiro atoms. The number of aromatic nitrogens is 4. The lowest BCUT2D eigenvalue weighted by Gasteiger charge is -2.12. The molecule has 1 atom stereocenters. The fourth-order valence-corrected chi connectivity index (χ4v) is 5.93. The first-order valence-corrected chi connectivity index (χ1v) is 12.1. The molecule has 0 saturated carbocycles. The highest BCUT2D eigenvalue weighted by molar-refractivity contribution is 6.10. The summed E-state index contributed by atoms with van der Waals surface area (Å²) >= 11 is 0. The van der Waals surface area contributed by atoms with E-state index in [0.29, 0.717) is 0 Å². The molecule has 1 aliphatic heterocycles. The van der Waals surface area contributed by atoms with Gasteiger partial charge >= 0.3 is 0 Å². The SMILES string of the molecule is CC1CNc2c(-n3c4ccccc4c4ccccc43)nc(-n3c4ccccc4c4ccccc43)n21. The summed E-state index contributed by atoms with van der Waals surface area (Å²) in [5.41, 5.74) is 4.69. The topological polar surface area (TPSA) is 39.7 Å². The van der Waals surface area contributed by atoms with Gasteiger partial charge in [0, 0.05) is 28.1 Å². The van der Waals surface area contributed by atoms with Gasteiger partial charge < -0.3 is 5.32 Å². The van der Waals surface area contributed by atoms with Crippen LogP contribution >= 0.6 is 0 Å². The third-order valence-corrected chi connectivity index (χ3v) is 7.45. The van der Waals surface area contributed by atoms with E-state index in [9.17, 15) is 0 Å². The van der Waals surface area contributed by atoms with Crippen molar-refractivity contribution in [1.82, 2.24) is 18.7 Å². The van der Waals surface area contributed by atoms with Crippen LogP contribution in [0.1, 0.15) is 13.0 Å². The zero-order chi connectivity index (χ0) is 23.1. The average molecular weight is 454 g/mol. The van der Waals surface area contributed by atoms with Gasteiger partial charge in [-0.2, -0.15) is 4.98 Å². The zero-order valence-corrected chi connectivity index (χ0v) is 19.3. The van der Waals surface area contributed by atoms with E-state index in [1.807, 2.05) is 0 Å². The van der Waals surface area contributed by atoms with Crippen molar-refractivity contribution >= 4 is 49.4 Å². The largest absolute Gasteiger partial charge is 0.366 e. The molecular formula is C30H23N5. The number of imidazole rings is 1. The molecule has 0 fully saturated rings. The number of anilines is 1. The maximum atomic E-state index is 5.39. The van der Waals surface area contributed by atoms with Crippen LogP contribution in [0.3, 0.4) is 0 Å². The number of hydrogen-bond donors (Lipinski definition) is 1. The molecule has 0 radical (unpaired) electrons. The van der Waals surface area contributed by atoms with Gasteiger partial charge in [-0.1, -0.05) is 72.8 Å². The summed E-state index contributed by atoms with van der Waals surface area (Å²) in [6.07, 6.45) is 0. The maximum absolute atomic E-state index is 5.39. The maximum Gasteiger partial charge on any atom is 0.218 e. The van der Waals surface area contributed by atoms with E-state index < -0.39 is 0 Å². The molecule has 0 aliphatic carbocycles. The van der Waals surface area contributed by atoms with Gasteiger partial charge in [0.15, 0.2) is 11.6 Å². The second kappa shape index (κ2) is 6.76. The Bertz CT molecular complexity index is 1830. The van der Waals surface area contributed by atoms with Crippen molar-refractivity contribution in [2.75, 3.05) is 11.9 Å². The fourth-order valence-electron chi connectivity index (χ4n) is 5.93. The van der Waals surface area contributed by atoms with Crippen LogP contribution in [-0.4, -0.2) is 25.2 Å². The summed E-state index contributed by atoms with van der Waals surface area (Å²) < 4.78 is 7.02. The predicted molar refractivity (Wildman–Crippen MR) is 144 cm³/mol. The number of fused-ring (bicyclic) bond motifs is 7. The quantitative estimate of drug-likeness (QED) is 0.304. The minimum Gasteiger partial charge on any atom is -0.366 e. The Morgan fingerprint density at radius 2 is 1.06 bits per heavy atom. The molecule has 4 heterocycles. The van der Waals surface area contributed by atoms with Gasteiger partial charge in [0.25, 0.3) is 0 Å². The van der Waals surface area contributed by atoms with Gasteiger partial charge in [-0.3, -0.25) is 13.7 Å². The molecule has 35 heavy (non-hydrogen) atoms. The molecule has 1 aliphatic rings. The van der Waals surface area contributed by atoms with E-state index in [2.05, 4.69) is 123 Å². The third kappa shape index (κ3) is 2.39. The summed E-state index contributed by atoms with van der Waals surface area (Å²) in [4.78, 5) is 5.39. The fraction of sp³-hybridized carbons (Fsp3) is 0.100. The number of rotatable bonds is 2. The first-order chi connectivity index (χ1) is 17.3. The summed E-state index contributed by atoms with van der Waals surface area (Å²) in [5, 5.41) is 8.67. The van der Waals surface area contributed by atoms with E-state index in [4.69, 9.17) is 4.98 Å². The average Bonchev–Trinajstić information content (AvgIpc) is 3.64. The molecule has 5 heteroatoms. The molecule has 168 valence electrons. The van der Waals surface area contributed by atoms with Crippen molar-refractivity contribution in [2.24, 2.45) is 0 Å². The predicted octanol–water partition coefficient (Wildman–Crippen LogP) is 7.06. The van der Waals surface area contributed by atoms with Crippen molar-refractivity contribution in [2.45, 2.75) is 13.0 Å². The normalized spacial score (nSPS) is 15.4. The first kappa shape index (κ1) is 18.9. The van der Waals surface area contributed by atoms with E-state index in [1.54, 1.807) is 0 Å². The van der Waals surface area contributed by atoms with Gasteiger partial charge in [0.05, 0.1) is 28.1 Å². The van der Waals surface area contributed by atoms with Crippen molar-refractivity contribution in [3.8, 4) is 11.8 Å². The monoisotopic (exact) mass is 453 g/mol. The number of para-hydroxylation sites is 4. The Morgan fingerprint density at radius 1 is 0.629 bits per heavy atom. The van der Waals surface area contributed by atoms with Crippen LogP contribution in [0.25, 0.3) is 55.4 Å². The third-order valence-electron chi connectivity index (χ3n) is 7.45. The second-order valence-electron chi connectivity index (χ2n) is 9.42. The molecule has 3 aromatic heterocycles. The lowest BCUT2D eigenvalue weighted by atomic mass is 10.2. The molecule has 0 bridgehead atoms. The lowest BCUT2D eigenvalue weighted by Crippen LogP contribution is -2.10. The Morgan fingerprint density at radius 3 is 1.54 bits per heavy atom. The number of nitrogens with one attached hydrogen (secondary N) is 1. The van der Waals surface area contributed by atoms with Crippen molar-refractivity contribution in [3.63, 3.8) is 0 Å². The minimum absolute atomic E-state index is 0.286. The van der Waals surface area contributed by atoms with Gasteiger partial charge in [-0.25, -0.2) is 0 Å². The van der Waals surface area contributed by atoms with E-state index in [0.717, 1.165) is 24.1 Å². The van der Waals surface area contributed by atoms with Crippen molar-refractivity contribution < 1.29 is 0 Å². The van der Waals surface area contributed by atoms with Crippen LogP contribution in [0.2, 0.25) is 0 Å². The van der Waals surface area contributed by atoms with Gasteiger partial charge in [-0.15, -0.1) is 0 Å². The molecule has 7 aromatic rings. The van der Waals surface area contributed by atoms with Crippen LogP contribution in [0.4, 0.5) is 5.82 Å². The molecule has 0 saturated heterocycles. The van der Waals surface area contributed by atoms with E-state index in [1.165, 1.54) is 43.6 Å². The number of hydrogen-bond acceptors (Lipinski definition) is 2. The Hall–Kier alpha value is -4.51. The van der Waals surface area contributed by atoms with Crippen molar-refractivity contribution in [1.29, 1.82) is 0 Å².